The zero-order valence-electron chi connectivity index (χ0n) is 14.6. The van der Waals surface area contributed by atoms with E-state index in [1.807, 2.05) is 4.90 Å². The number of amides is 1. The van der Waals surface area contributed by atoms with Crippen molar-refractivity contribution >= 4 is 11.6 Å². The van der Waals surface area contributed by atoms with E-state index in [0.29, 0.717) is 19.6 Å². The molecule has 1 atom stereocenters. The number of nitrogens with zero attached hydrogens (tertiary/aromatic N) is 1. The van der Waals surface area contributed by atoms with Crippen LogP contribution in [0.1, 0.15) is 55.7 Å². The molecule has 1 heterocycles. The van der Waals surface area contributed by atoms with Gasteiger partial charge in [-0.25, -0.2) is 0 Å². The molecule has 1 aliphatic carbocycles. The van der Waals surface area contributed by atoms with Gasteiger partial charge in [-0.05, 0) is 60.8 Å². The highest BCUT2D eigenvalue weighted by molar-refractivity contribution is 5.96. The molecule has 1 aromatic rings. The number of aryl methyl sites for hydroxylation is 3. The summed E-state index contributed by atoms with van der Waals surface area (Å²) in [4.78, 5) is 14.3. The number of methoxy groups -OCH3 is 1. The molecule has 1 aromatic carbocycles. The van der Waals surface area contributed by atoms with E-state index < -0.39 is 0 Å². The Balaban J connectivity index is 1.90. The monoisotopic (exact) mass is 315 g/mol. The number of carbonyl (C=O) groups is 1. The summed E-state index contributed by atoms with van der Waals surface area (Å²) in [5, 5.41) is 0. The topological polar surface area (TPSA) is 29.5 Å². The quantitative estimate of drug-likeness (QED) is 0.843. The van der Waals surface area contributed by atoms with Crippen LogP contribution in [0.2, 0.25) is 0 Å². The number of hydrogen-bond donors (Lipinski definition) is 0. The first-order chi connectivity index (χ1) is 11.2. The highest BCUT2D eigenvalue weighted by atomic mass is 16.5. The second kappa shape index (κ2) is 7.48. The minimum Gasteiger partial charge on any atom is -0.383 e. The average molecular weight is 315 g/mol. The van der Waals surface area contributed by atoms with E-state index in [9.17, 15) is 4.79 Å². The summed E-state index contributed by atoms with van der Waals surface area (Å²) >= 11 is 0. The summed E-state index contributed by atoms with van der Waals surface area (Å²) in [7, 11) is 1.70. The summed E-state index contributed by atoms with van der Waals surface area (Å²) in [6, 6.07) is 4.71. The van der Waals surface area contributed by atoms with Crippen molar-refractivity contribution in [3.8, 4) is 0 Å². The van der Waals surface area contributed by atoms with Crippen molar-refractivity contribution in [3.05, 3.63) is 28.8 Å². The van der Waals surface area contributed by atoms with Gasteiger partial charge in [-0.2, -0.15) is 0 Å². The fourth-order valence-electron chi connectivity index (χ4n) is 4.08. The van der Waals surface area contributed by atoms with Gasteiger partial charge in [0, 0.05) is 25.8 Å². The van der Waals surface area contributed by atoms with Crippen molar-refractivity contribution in [2.24, 2.45) is 5.92 Å². The van der Waals surface area contributed by atoms with Crippen LogP contribution in [0.15, 0.2) is 12.1 Å². The second-order valence-corrected chi connectivity index (χ2v) is 6.99. The first kappa shape index (κ1) is 16.5. The van der Waals surface area contributed by atoms with Crippen molar-refractivity contribution in [2.45, 2.75) is 58.3 Å². The molecular formula is C20H29NO2. The van der Waals surface area contributed by atoms with Crippen molar-refractivity contribution in [2.75, 3.05) is 25.2 Å². The average Bonchev–Trinajstić information content (AvgIpc) is 2.54. The van der Waals surface area contributed by atoms with E-state index in [2.05, 4.69) is 19.1 Å². The third-order valence-electron chi connectivity index (χ3n) is 5.58. The molecule has 0 saturated carbocycles. The summed E-state index contributed by atoms with van der Waals surface area (Å²) in [5.41, 5.74) is 5.50. The molecule has 0 saturated heterocycles. The first-order valence-electron chi connectivity index (χ1n) is 9.17. The Morgan fingerprint density at radius 1 is 1.09 bits per heavy atom. The van der Waals surface area contributed by atoms with Crippen LogP contribution in [0.25, 0.3) is 0 Å². The van der Waals surface area contributed by atoms with E-state index in [1.54, 1.807) is 7.11 Å². The lowest BCUT2D eigenvalue weighted by atomic mass is 9.84. The highest BCUT2D eigenvalue weighted by Crippen LogP contribution is 2.34. The van der Waals surface area contributed by atoms with Crippen LogP contribution >= 0.6 is 0 Å². The summed E-state index contributed by atoms with van der Waals surface area (Å²) in [6.07, 6.45) is 9.13. The molecule has 1 amide bonds. The van der Waals surface area contributed by atoms with E-state index >= 15 is 0 Å². The molecule has 1 aliphatic heterocycles. The third-order valence-corrected chi connectivity index (χ3v) is 5.58. The molecule has 0 aromatic heterocycles. The van der Waals surface area contributed by atoms with Gasteiger partial charge < -0.3 is 9.64 Å². The number of benzene rings is 1. The van der Waals surface area contributed by atoms with E-state index in [0.717, 1.165) is 24.4 Å². The zero-order valence-corrected chi connectivity index (χ0v) is 14.6. The largest absolute Gasteiger partial charge is 0.383 e. The number of fused-ring (bicyclic) bond motifs is 2. The summed E-state index contributed by atoms with van der Waals surface area (Å²) < 4.78 is 5.19. The second-order valence-electron chi connectivity index (χ2n) is 6.99. The smallest absolute Gasteiger partial charge is 0.227 e. The van der Waals surface area contributed by atoms with Crippen molar-refractivity contribution < 1.29 is 9.53 Å². The number of ether oxygens (including phenoxy) is 1. The van der Waals surface area contributed by atoms with Crippen LogP contribution in [0.3, 0.4) is 0 Å². The fraction of sp³-hybridized carbons (Fsp3) is 0.650. The van der Waals surface area contributed by atoms with Gasteiger partial charge in [0.05, 0.1) is 6.61 Å². The van der Waals surface area contributed by atoms with E-state index in [4.69, 9.17) is 4.74 Å². The zero-order chi connectivity index (χ0) is 16.2. The Bertz CT molecular complexity index is 567. The van der Waals surface area contributed by atoms with Crippen LogP contribution in [-0.2, 0) is 28.8 Å². The number of hydrogen-bond acceptors (Lipinski definition) is 2. The molecule has 1 unspecified atom stereocenters. The Morgan fingerprint density at radius 3 is 2.70 bits per heavy atom. The van der Waals surface area contributed by atoms with Crippen LogP contribution < -0.4 is 4.90 Å². The Hall–Kier alpha value is -1.35. The SMILES string of the molecule is CCC1CCCc2cc3c(cc2CC1)N(CCOC)C(=O)CC3. The van der Waals surface area contributed by atoms with Crippen LogP contribution in [0.5, 0.6) is 0 Å². The molecule has 0 spiro atoms. The lowest BCUT2D eigenvalue weighted by molar-refractivity contribution is -0.119. The summed E-state index contributed by atoms with van der Waals surface area (Å²) in [5.74, 6) is 1.11. The lowest BCUT2D eigenvalue weighted by Gasteiger charge is -2.31. The molecule has 126 valence electrons. The minimum absolute atomic E-state index is 0.242. The molecular weight excluding hydrogens is 286 g/mol. The van der Waals surface area contributed by atoms with Gasteiger partial charge in [-0.3, -0.25) is 4.79 Å². The van der Waals surface area contributed by atoms with E-state index in [1.165, 1.54) is 48.8 Å². The molecule has 23 heavy (non-hydrogen) atoms. The Labute approximate surface area is 140 Å². The molecule has 3 nitrogen and oxygen atoms in total. The molecule has 0 bridgehead atoms. The maximum Gasteiger partial charge on any atom is 0.227 e. The Morgan fingerprint density at radius 2 is 1.91 bits per heavy atom. The van der Waals surface area contributed by atoms with Crippen molar-refractivity contribution in [1.82, 2.24) is 0 Å². The van der Waals surface area contributed by atoms with Gasteiger partial charge in [0.1, 0.15) is 0 Å². The van der Waals surface area contributed by atoms with Gasteiger partial charge in [0.15, 0.2) is 0 Å². The van der Waals surface area contributed by atoms with Crippen LogP contribution in [-0.4, -0.2) is 26.2 Å². The van der Waals surface area contributed by atoms with Gasteiger partial charge >= 0.3 is 0 Å². The standard InChI is InChI=1S/C20H29NO2/c1-3-15-5-4-6-16-13-18-9-10-20(22)21(11-12-23-2)19(18)14-17(16)8-7-15/h13-15H,3-12H2,1-2H3. The number of rotatable bonds is 4. The molecule has 3 rings (SSSR count). The predicted molar refractivity (Wildman–Crippen MR) is 94.0 cm³/mol. The number of anilines is 1. The van der Waals surface area contributed by atoms with Crippen LogP contribution in [0.4, 0.5) is 5.69 Å². The van der Waals surface area contributed by atoms with Crippen molar-refractivity contribution in [3.63, 3.8) is 0 Å². The third kappa shape index (κ3) is 3.60. The maximum atomic E-state index is 12.3. The van der Waals surface area contributed by atoms with Gasteiger partial charge in [0.2, 0.25) is 5.91 Å². The van der Waals surface area contributed by atoms with Gasteiger partial charge in [-0.15, -0.1) is 0 Å². The molecule has 0 N–H and O–H groups in total. The highest BCUT2D eigenvalue weighted by Gasteiger charge is 2.26. The fourth-order valence-corrected chi connectivity index (χ4v) is 4.08. The molecule has 0 radical (unpaired) electrons. The predicted octanol–water partition coefficient (Wildman–Crippen LogP) is 3.91. The van der Waals surface area contributed by atoms with E-state index in [-0.39, 0.29) is 5.91 Å². The first-order valence-corrected chi connectivity index (χ1v) is 9.17. The molecule has 2 aliphatic rings. The van der Waals surface area contributed by atoms with Gasteiger partial charge in [-0.1, -0.05) is 25.8 Å². The molecule has 0 fully saturated rings. The van der Waals surface area contributed by atoms with Crippen LogP contribution in [0, 0.1) is 5.92 Å². The minimum atomic E-state index is 0.242. The number of carbonyl (C=O) groups excluding carboxylic acids is 1. The van der Waals surface area contributed by atoms with Gasteiger partial charge in [0.25, 0.3) is 0 Å². The maximum absolute atomic E-state index is 12.3. The Kier molecular flexibility index (Phi) is 5.37. The van der Waals surface area contributed by atoms with Crippen molar-refractivity contribution in [1.29, 1.82) is 0 Å². The normalized spacial score (nSPS) is 21.4. The summed E-state index contributed by atoms with van der Waals surface area (Å²) in [6.45, 7) is 3.57. The molecule has 3 heteroatoms. The lowest BCUT2D eigenvalue weighted by Crippen LogP contribution is -2.37.